The predicted molar refractivity (Wildman–Crippen MR) is 192 cm³/mol. The first-order chi connectivity index (χ1) is 25.0. The Bertz CT molecular complexity index is 1950. The first-order valence-corrected chi connectivity index (χ1v) is 16.7. The lowest BCUT2D eigenvalue weighted by atomic mass is 9.87. The summed E-state index contributed by atoms with van der Waals surface area (Å²) in [7, 11) is 0. The van der Waals surface area contributed by atoms with E-state index in [1.54, 1.807) is 81.5 Å². The van der Waals surface area contributed by atoms with Gasteiger partial charge in [0.1, 0.15) is 5.76 Å². The molecule has 0 saturated carbocycles. The monoisotopic (exact) mass is 708 g/mol. The lowest BCUT2D eigenvalue weighted by molar-refractivity contribution is -0.146. The number of benzene rings is 3. The molecule has 2 heterocycles. The molecule has 3 N–H and O–H groups in total. The Balaban J connectivity index is 1.53. The fourth-order valence-electron chi connectivity index (χ4n) is 5.72. The number of ether oxygens (including phenoxy) is 3. The van der Waals surface area contributed by atoms with Crippen molar-refractivity contribution in [3.05, 3.63) is 131 Å². The molecule has 1 aromatic heterocycles. The minimum atomic E-state index is -1.43. The van der Waals surface area contributed by atoms with Crippen molar-refractivity contribution < 1.29 is 48.0 Å². The number of hydrogen-bond acceptors (Lipinski definition) is 9. The van der Waals surface area contributed by atoms with Gasteiger partial charge in [-0.05, 0) is 68.3 Å². The summed E-state index contributed by atoms with van der Waals surface area (Å²) < 4.78 is 22.4. The molecular weight excluding hydrogens is 668 g/mol. The molecule has 1 aliphatic rings. The van der Waals surface area contributed by atoms with Crippen molar-refractivity contribution in [2.45, 2.75) is 51.7 Å². The Labute approximate surface area is 300 Å². The van der Waals surface area contributed by atoms with Crippen LogP contribution in [0.15, 0.2) is 113 Å². The van der Waals surface area contributed by atoms with Crippen molar-refractivity contribution >= 4 is 35.5 Å². The van der Waals surface area contributed by atoms with Gasteiger partial charge in [-0.15, -0.1) is 0 Å². The normalized spacial score (nSPS) is 13.7. The topological polar surface area (TPSA) is 165 Å². The minimum absolute atomic E-state index is 0.0392. The lowest BCUT2D eigenvalue weighted by Gasteiger charge is -2.34. The third-order valence-corrected chi connectivity index (χ3v) is 8.32. The molecule has 0 radical (unpaired) electrons. The number of anilines is 1. The summed E-state index contributed by atoms with van der Waals surface area (Å²) in [4.78, 5) is 53.3. The van der Waals surface area contributed by atoms with E-state index in [1.165, 1.54) is 4.90 Å². The molecule has 0 bridgehead atoms. The third kappa shape index (κ3) is 9.48. The molecule has 12 nitrogen and oxygen atoms in total. The fourth-order valence-corrected chi connectivity index (χ4v) is 5.72. The van der Waals surface area contributed by atoms with Crippen molar-refractivity contribution in [2.24, 2.45) is 0 Å². The molecule has 52 heavy (non-hydrogen) atoms. The average molecular weight is 709 g/mol. The molecule has 12 heteroatoms. The van der Waals surface area contributed by atoms with E-state index >= 15 is 0 Å². The number of aliphatic hydroxyl groups is 1. The van der Waals surface area contributed by atoms with Crippen LogP contribution in [0.3, 0.4) is 0 Å². The van der Waals surface area contributed by atoms with Gasteiger partial charge in [0.2, 0.25) is 6.79 Å². The Kier molecular flexibility index (Phi) is 12.1. The van der Waals surface area contributed by atoms with Crippen LogP contribution in [0.25, 0.3) is 6.08 Å². The molecule has 2 unspecified atom stereocenters. The number of furan rings is 1. The summed E-state index contributed by atoms with van der Waals surface area (Å²) in [6.45, 7) is 4.91. The van der Waals surface area contributed by atoms with Gasteiger partial charge in [0, 0.05) is 30.6 Å². The van der Waals surface area contributed by atoms with E-state index in [4.69, 9.17) is 18.6 Å². The number of carbonyl (C=O) groups is 4. The highest BCUT2D eigenvalue weighted by molar-refractivity contribution is 6.03. The van der Waals surface area contributed by atoms with E-state index in [1.807, 2.05) is 42.5 Å². The van der Waals surface area contributed by atoms with Crippen LogP contribution in [-0.4, -0.2) is 64.3 Å². The largest absolute Gasteiger partial charge is 0.503 e. The average Bonchev–Trinajstić information content (AvgIpc) is 3.81. The number of fused-ring (bicyclic) bond motifs is 1. The van der Waals surface area contributed by atoms with Gasteiger partial charge in [0.15, 0.2) is 23.0 Å². The van der Waals surface area contributed by atoms with Crippen LogP contribution >= 0.6 is 0 Å². The van der Waals surface area contributed by atoms with Gasteiger partial charge >= 0.3 is 11.9 Å². The molecule has 3 aromatic carbocycles. The summed E-state index contributed by atoms with van der Waals surface area (Å²) in [6, 6.07) is 26.2. The van der Waals surface area contributed by atoms with E-state index in [0.29, 0.717) is 22.9 Å². The Hall–Kier alpha value is -6.30. The molecule has 0 saturated heterocycles. The van der Waals surface area contributed by atoms with Gasteiger partial charge in [-0.2, -0.15) is 0 Å². The summed E-state index contributed by atoms with van der Waals surface area (Å²) in [5.74, 6) is -3.96. The van der Waals surface area contributed by atoms with E-state index in [9.17, 15) is 29.4 Å². The van der Waals surface area contributed by atoms with Gasteiger partial charge in [-0.25, -0.2) is 4.79 Å². The molecule has 0 fully saturated rings. The number of amides is 2. The number of aliphatic carboxylic acids is 1. The van der Waals surface area contributed by atoms with Gasteiger partial charge in [0.25, 0.3) is 11.8 Å². The van der Waals surface area contributed by atoms with Crippen LogP contribution in [0, 0.1) is 0 Å². The van der Waals surface area contributed by atoms with Crippen LogP contribution in [0.5, 0.6) is 11.5 Å². The summed E-state index contributed by atoms with van der Waals surface area (Å²) >= 11 is 0. The second-order valence-corrected chi connectivity index (χ2v) is 12.4. The number of carboxylic acid groups (broad SMARTS) is 1. The Morgan fingerprint density at radius 1 is 0.885 bits per heavy atom. The Morgan fingerprint density at radius 2 is 1.58 bits per heavy atom. The highest BCUT2D eigenvalue weighted by Gasteiger charge is 2.34. The molecule has 0 spiro atoms. The number of carboxylic acids is 1. The number of rotatable bonds is 15. The van der Waals surface area contributed by atoms with E-state index in [2.05, 4.69) is 5.32 Å². The number of esters is 1. The van der Waals surface area contributed by atoms with Gasteiger partial charge in [-0.1, -0.05) is 66.7 Å². The summed E-state index contributed by atoms with van der Waals surface area (Å²) in [6.07, 6.45) is 2.16. The summed E-state index contributed by atoms with van der Waals surface area (Å²) in [5, 5.41) is 23.7. The first kappa shape index (κ1) is 37.0. The second kappa shape index (κ2) is 17.1. The number of hydrogen-bond donors (Lipinski definition) is 3. The van der Waals surface area contributed by atoms with Crippen LogP contribution in [0.2, 0.25) is 0 Å². The zero-order chi connectivity index (χ0) is 37.2. The second-order valence-electron chi connectivity index (χ2n) is 12.4. The third-order valence-electron chi connectivity index (χ3n) is 8.32. The van der Waals surface area contributed by atoms with Crippen molar-refractivity contribution in [2.75, 3.05) is 18.7 Å². The van der Waals surface area contributed by atoms with Gasteiger partial charge in [-0.3, -0.25) is 14.4 Å². The maximum Gasteiger partial charge on any atom is 0.338 e. The maximum atomic E-state index is 14.2. The quantitative estimate of drug-likeness (QED) is 0.0683. The highest BCUT2D eigenvalue weighted by atomic mass is 16.7. The number of aliphatic hydroxyl groups excluding tert-OH is 1. The van der Waals surface area contributed by atoms with Crippen molar-refractivity contribution in [3.8, 4) is 11.5 Å². The van der Waals surface area contributed by atoms with Crippen molar-refractivity contribution in [1.82, 2.24) is 4.90 Å². The zero-order valence-corrected chi connectivity index (χ0v) is 29.0. The van der Waals surface area contributed by atoms with E-state index < -0.39 is 59.6 Å². The molecule has 2 amide bonds. The Morgan fingerprint density at radius 3 is 2.27 bits per heavy atom. The SMILES string of the molecule is CC(C)OC(=O)C(CC(=O)O)=C(O)C(=O)N(CC=Cc1ccccc1)C(C)C(Cc1ccc(C(=O)Nc2ccccc2)o1)c1ccc2c(c1)OCO2. The van der Waals surface area contributed by atoms with Crippen LogP contribution in [0.4, 0.5) is 5.69 Å². The zero-order valence-electron chi connectivity index (χ0n) is 29.0. The number of para-hydroxylation sites is 1. The van der Waals surface area contributed by atoms with E-state index in [-0.39, 0.29) is 25.5 Å². The van der Waals surface area contributed by atoms with Gasteiger partial charge < -0.3 is 39.1 Å². The van der Waals surface area contributed by atoms with Crippen molar-refractivity contribution in [1.29, 1.82) is 0 Å². The number of carbonyl (C=O) groups excluding carboxylic acids is 3. The molecule has 4 aromatic rings. The summed E-state index contributed by atoms with van der Waals surface area (Å²) in [5.41, 5.74) is 1.51. The fraction of sp³-hybridized carbons (Fsp3) is 0.250. The molecule has 5 rings (SSSR count). The van der Waals surface area contributed by atoms with Crippen LogP contribution in [-0.2, 0) is 25.5 Å². The molecule has 270 valence electrons. The highest BCUT2D eigenvalue weighted by Crippen LogP contribution is 2.38. The van der Waals surface area contributed by atoms with Gasteiger partial charge in [0.05, 0.1) is 18.1 Å². The lowest BCUT2D eigenvalue weighted by Crippen LogP contribution is -2.44. The van der Waals surface area contributed by atoms with Crippen LogP contribution in [0.1, 0.15) is 60.6 Å². The minimum Gasteiger partial charge on any atom is -0.503 e. The smallest absolute Gasteiger partial charge is 0.338 e. The van der Waals surface area contributed by atoms with Crippen LogP contribution < -0.4 is 14.8 Å². The molecule has 0 aliphatic carbocycles. The number of nitrogens with zero attached hydrogens (tertiary/aromatic N) is 1. The predicted octanol–water partition coefficient (Wildman–Crippen LogP) is 6.76. The first-order valence-electron chi connectivity index (χ1n) is 16.7. The number of nitrogens with one attached hydrogen (secondary N) is 1. The molecular formula is C40H40N2O10. The standard InChI is InChI=1S/C40H40N2O10/c1-25(2)51-40(48)32(23-36(43)44)37(45)39(47)42(20-10-13-27-11-6-4-7-12-27)26(3)31(28-16-18-33-35(21-28)50-24-49-33)22-30-17-19-34(52-30)38(46)41-29-14-8-5-9-15-29/h4-19,21,25-26,31,45H,20,22-24H2,1-3H3,(H,41,46)(H,43,44). The van der Waals surface area contributed by atoms with Crippen molar-refractivity contribution in [3.63, 3.8) is 0 Å². The molecule has 1 aliphatic heterocycles. The van der Waals surface area contributed by atoms with E-state index in [0.717, 1.165) is 11.1 Å². The molecule has 2 atom stereocenters. The maximum absolute atomic E-state index is 14.2.